The van der Waals surface area contributed by atoms with Crippen LogP contribution in [-0.4, -0.2) is 65.2 Å². The molecule has 180 valence electrons. The van der Waals surface area contributed by atoms with Crippen LogP contribution in [0.2, 0.25) is 0 Å². The van der Waals surface area contributed by atoms with E-state index in [1.807, 2.05) is 39.0 Å². The van der Waals surface area contributed by atoms with Crippen molar-refractivity contribution >= 4 is 23.4 Å². The molecule has 0 radical (unpaired) electrons. The minimum atomic E-state index is -1.01. The number of para-hydroxylation sites is 1. The molecule has 1 aromatic carbocycles. The third-order valence-electron chi connectivity index (χ3n) is 7.84. The molecule has 1 spiro atoms. The number of aryl methyl sites for hydroxylation is 2. The van der Waals surface area contributed by atoms with Crippen molar-refractivity contribution in [3.63, 3.8) is 0 Å². The van der Waals surface area contributed by atoms with Crippen LogP contribution < -0.4 is 10.6 Å². The molecule has 8 nitrogen and oxygen atoms in total. The van der Waals surface area contributed by atoms with E-state index >= 15 is 0 Å². The van der Waals surface area contributed by atoms with Gasteiger partial charge in [-0.1, -0.05) is 18.2 Å². The second kappa shape index (κ2) is 8.72. The van der Waals surface area contributed by atoms with Gasteiger partial charge < -0.3 is 25.4 Å². The number of carbonyl (C=O) groups is 3. The molecule has 3 fully saturated rings. The van der Waals surface area contributed by atoms with Gasteiger partial charge in [0.25, 0.3) is 0 Å². The van der Waals surface area contributed by atoms with Gasteiger partial charge in [0.1, 0.15) is 11.6 Å². The molecule has 0 aromatic heterocycles. The summed E-state index contributed by atoms with van der Waals surface area (Å²) in [6.45, 7) is 6.26. The highest BCUT2D eigenvalue weighted by Gasteiger charge is 2.77. The van der Waals surface area contributed by atoms with Gasteiger partial charge in [-0.3, -0.25) is 14.4 Å². The fraction of sp³-hybridized carbons (Fsp3) is 0.640. The molecular weight excluding hydrogens is 422 g/mol. The molecule has 3 heterocycles. The van der Waals surface area contributed by atoms with E-state index < -0.39 is 29.1 Å². The first-order valence-electron chi connectivity index (χ1n) is 11.9. The Kier molecular flexibility index (Phi) is 6.26. The van der Waals surface area contributed by atoms with Crippen molar-refractivity contribution in [3.8, 4) is 0 Å². The molecule has 3 N–H and O–H groups in total. The Hall–Kier alpha value is -2.45. The molecule has 3 amide bonds. The van der Waals surface area contributed by atoms with Crippen LogP contribution in [0.4, 0.5) is 5.69 Å². The lowest BCUT2D eigenvalue weighted by Gasteiger charge is -2.33. The highest BCUT2D eigenvalue weighted by Crippen LogP contribution is 2.63. The molecule has 3 aliphatic heterocycles. The largest absolute Gasteiger partial charge is 0.396 e. The number of aliphatic hydroxyl groups is 1. The summed E-state index contributed by atoms with van der Waals surface area (Å²) in [5.41, 5.74) is 0.865. The molecular formula is C25H35N3O5. The van der Waals surface area contributed by atoms with E-state index in [0.717, 1.165) is 23.2 Å². The summed E-state index contributed by atoms with van der Waals surface area (Å²) in [4.78, 5) is 42.1. The van der Waals surface area contributed by atoms with E-state index in [9.17, 15) is 14.4 Å². The number of carbonyl (C=O) groups excluding carboxylic acids is 3. The maximum absolute atomic E-state index is 13.8. The molecule has 4 rings (SSSR count). The van der Waals surface area contributed by atoms with Gasteiger partial charge in [-0.25, -0.2) is 0 Å². The summed E-state index contributed by atoms with van der Waals surface area (Å²) in [6.07, 6.45) is 3.25. The maximum Gasteiger partial charge on any atom is 0.250 e. The quantitative estimate of drug-likeness (QED) is 0.517. The number of benzene rings is 1. The van der Waals surface area contributed by atoms with E-state index in [1.165, 1.54) is 0 Å². The van der Waals surface area contributed by atoms with E-state index in [0.29, 0.717) is 32.2 Å². The molecule has 3 saturated heterocycles. The maximum atomic E-state index is 13.8. The number of nitrogens with zero attached hydrogens (tertiary/aromatic N) is 1. The molecule has 0 saturated carbocycles. The highest BCUT2D eigenvalue weighted by atomic mass is 16.5. The zero-order valence-electron chi connectivity index (χ0n) is 19.9. The zero-order chi connectivity index (χ0) is 24.0. The normalized spacial score (nSPS) is 32.2. The minimum absolute atomic E-state index is 0.0944. The molecule has 5 atom stereocenters. The summed E-state index contributed by atoms with van der Waals surface area (Å²) in [5, 5.41) is 14.9. The van der Waals surface area contributed by atoms with Crippen LogP contribution in [-0.2, 0) is 19.1 Å². The van der Waals surface area contributed by atoms with Crippen LogP contribution in [0, 0.1) is 25.7 Å². The number of aliphatic hydroxyl groups excluding tert-OH is 1. The third-order valence-corrected chi connectivity index (χ3v) is 7.84. The van der Waals surface area contributed by atoms with E-state index in [4.69, 9.17) is 9.84 Å². The number of ether oxygens (including phenoxy) is 1. The fourth-order valence-electron chi connectivity index (χ4n) is 6.30. The first-order valence-corrected chi connectivity index (χ1v) is 11.9. The Bertz CT molecular complexity index is 945. The van der Waals surface area contributed by atoms with Gasteiger partial charge in [-0.2, -0.15) is 0 Å². The number of fused-ring (bicyclic) bond motifs is 1. The van der Waals surface area contributed by atoms with Gasteiger partial charge in [-0.15, -0.1) is 0 Å². The molecule has 8 heteroatoms. The second-order valence-corrected chi connectivity index (χ2v) is 9.91. The van der Waals surface area contributed by atoms with Crippen LogP contribution >= 0.6 is 0 Å². The molecule has 0 aliphatic carbocycles. The lowest BCUT2D eigenvalue weighted by molar-refractivity contribution is -0.144. The van der Waals surface area contributed by atoms with Gasteiger partial charge in [0.15, 0.2) is 0 Å². The lowest BCUT2D eigenvalue weighted by Crippen LogP contribution is -2.53. The summed E-state index contributed by atoms with van der Waals surface area (Å²) in [6, 6.07) is 5.02. The van der Waals surface area contributed by atoms with Crippen LogP contribution in [0.15, 0.2) is 18.2 Å². The zero-order valence-corrected chi connectivity index (χ0v) is 19.9. The van der Waals surface area contributed by atoms with Crippen molar-refractivity contribution in [1.82, 2.24) is 10.2 Å². The molecule has 2 unspecified atom stereocenters. The van der Waals surface area contributed by atoms with Crippen LogP contribution in [0.3, 0.4) is 0 Å². The topological polar surface area (TPSA) is 108 Å². The van der Waals surface area contributed by atoms with Crippen LogP contribution in [0.5, 0.6) is 0 Å². The number of hydrogen-bond acceptors (Lipinski definition) is 5. The average Bonchev–Trinajstić information content (AvgIpc) is 3.34. The van der Waals surface area contributed by atoms with Gasteiger partial charge in [0, 0.05) is 25.9 Å². The van der Waals surface area contributed by atoms with Gasteiger partial charge in [0.2, 0.25) is 17.7 Å². The molecule has 33 heavy (non-hydrogen) atoms. The number of amides is 3. The van der Waals surface area contributed by atoms with Crippen LogP contribution in [0.1, 0.15) is 50.2 Å². The van der Waals surface area contributed by atoms with Crippen molar-refractivity contribution < 1.29 is 24.2 Å². The first-order chi connectivity index (χ1) is 15.7. The van der Waals surface area contributed by atoms with Gasteiger partial charge in [-0.05, 0) is 64.0 Å². The molecule has 3 aliphatic rings. The standard InChI is InChI=1S/C25H35N3O5/c1-15-9-8-10-16(2)19(15)27-22(31)20-25-12-11-24(3,33-25)17(21(30)26-4)18(25)23(32)28(20)13-6-5-7-14-29/h8-10,17-18,20,29H,5-7,11-14H2,1-4H3,(H,26,30)(H,27,31)/t17-,18-,20?,24+,25?/m0/s1. The Morgan fingerprint density at radius 1 is 1.15 bits per heavy atom. The first kappa shape index (κ1) is 23.7. The number of rotatable bonds is 8. The number of nitrogens with one attached hydrogen (secondary N) is 2. The van der Waals surface area contributed by atoms with Crippen molar-refractivity contribution in [2.45, 2.75) is 70.1 Å². The Morgan fingerprint density at radius 2 is 1.85 bits per heavy atom. The number of likely N-dealkylation sites (tertiary alicyclic amines) is 1. The fourth-order valence-corrected chi connectivity index (χ4v) is 6.30. The summed E-state index contributed by atoms with van der Waals surface area (Å²) in [5.74, 6) is -1.97. The van der Waals surface area contributed by atoms with Crippen molar-refractivity contribution in [2.24, 2.45) is 11.8 Å². The Labute approximate surface area is 195 Å². The predicted octanol–water partition coefficient (Wildman–Crippen LogP) is 1.92. The third kappa shape index (κ3) is 3.64. The summed E-state index contributed by atoms with van der Waals surface area (Å²) >= 11 is 0. The van der Waals surface area contributed by atoms with Gasteiger partial charge >= 0.3 is 0 Å². The lowest BCUT2D eigenvalue weighted by atomic mass is 9.66. The highest BCUT2D eigenvalue weighted by molar-refractivity contribution is 6.04. The Balaban J connectivity index is 1.71. The minimum Gasteiger partial charge on any atom is -0.396 e. The number of hydrogen-bond donors (Lipinski definition) is 3. The van der Waals surface area contributed by atoms with E-state index in [-0.39, 0.29) is 24.3 Å². The van der Waals surface area contributed by atoms with Crippen LogP contribution in [0.25, 0.3) is 0 Å². The summed E-state index contributed by atoms with van der Waals surface area (Å²) < 4.78 is 6.54. The molecule has 2 bridgehead atoms. The monoisotopic (exact) mass is 457 g/mol. The predicted molar refractivity (Wildman–Crippen MR) is 123 cm³/mol. The van der Waals surface area contributed by atoms with E-state index in [1.54, 1.807) is 11.9 Å². The van der Waals surface area contributed by atoms with Crippen molar-refractivity contribution in [2.75, 3.05) is 25.5 Å². The number of unbranched alkanes of at least 4 members (excludes halogenated alkanes) is 2. The smallest absolute Gasteiger partial charge is 0.250 e. The Morgan fingerprint density at radius 3 is 2.48 bits per heavy atom. The van der Waals surface area contributed by atoms with Crippen molar-refractivity contribution in [3.05, 3.63) is 29.3 Å². The summed E-state index contributed by atoms with van der Waals surface area (Å²) in [7, 11) is 1.57. The molecule has 1 aromatic rings. The average molecular weight is 458 g/mol. The SMILES string of the molecule is CNC(=O)[C@@H]1[C@H]2C(=O)N(CCCCCO)C(C(=O)Nc3c(C)cccc3C)C23CC[C@@]1(C)O3. The number of anilines is 1. The van der Waals surface area contributed by atoms with Crippen molar-refractivity contribution in [1.29, 1.82) is 0 Å². The second-order valence-electron chi connectivity index (χ2n) is 9.91. The van der Waals surface area contributed by atoms with Gasteiger partial charge in [0.05, 0.1) is 17.4 Å². The van der Waals surface area contributed by atoms with E-state index in [2.05, 4.69) is 10.6 Å².